The van der Waals surface area contributed by atoms with Gasteiger partial charge in [0.2, 0.25) is 11.5 Å². The van der Waals surface area contributed by atoms with Crippen molar-refractivity contribution in [2.45, 2.75) is 64.5 Å². The van der Waals surface area contributed by atoms with E-state index < -0.39 is 0 Å². The number of rotatable bonds is 7. The number of methoxy groups -OCH3 is 2. The molecule has 4 aliphatic rings. The van der Waals surface area contributed by atoms with E-state index in [1.165, 1.54) is 22.5 Å². The SMILES string of the molecule is COc1ccc(Cn2c(C3=C([O-])/C(=C4\C=C5CCCCC5=[N+]4Cc4ccc(OC)cc4)C3=O)cc3c2CCCC3)cc1. The van der Waals surface area contributed by atoms with E-state index in [9.17, 15) is 9.90 Å². The molecule has 0 atom stereocenters. The monoisotopic (exact) mass is 560 g/mol. The lowest BCUT2D eigenvalue weighted by Gasteiger charge is -2.31. The first kappa shape index (κ1) is 26.6. The van der Waals surface area contributed by atoms with Crippen LogP contribution in [0.25, 0.3) is 5.57 Å². The second-order valence-corrected chi connectivity index (χ2v) is 11.7. The number of hydrogen-bond acceptors (Lipinski definition) is 4. The quantitative estimate of drug-likeness (QED) is 0.282. The number of Topliss-reactive ketones (excluding diaryl/α,β-unsaturated/α-hetero) is 1. The van der Waals surface area contributed by atoms with E-state index in [4.69, 9.17) is 9.47 Å². The Kier molecular flexibility index (Phi) is 6.85. The Labute approximate surface area is 246 Å². The Balaban J connectivity index is 1.30. The van der Waals surface area contributed by atoms with Crippen LogP contribution in [0.5, 0.6) is 11.5 Å². The highest BCUT2D eigenvalue weighted by molar-refractivity contribution is 6.39. The first-order valence-electron chi connectivity index (χ1n) is 15.1. The third-order valence-corrected chi connectivity index (χ3v) is 9.24. The fraction of sp³-hybridized carbons (Fsp3) is 0.333. The number of ether oxygens (including phenoxy) is 2. The lowest BCUT2D eigenvalue weighted by atomic mass is 9.84. The number of hydrogen-bond donors (Lipinski definition) is 0. The van der Waals surface area contributed by atoms with Gasteiger partial charge < -0.3 is 19.1 Å². The van der Waals surface area contributed by atoms with Crippen LogP contribution in [0.3, 0.4) is 0 Å². The molecule has 0 unspecified atom stereocenters. The van der Waals surface area contributed by atoms with Gasteiger partial charge in [-0.3, -0.25) is 4.79 Å². The molecular formula is C36H36N2O4. The molecule has 1 fully saturated rings. The van der Waals surface area contributed by atoms with Crippen molar-refractivity contribution in [3.63, 3.8) is 0 Å². The molecule has 0 radical (unpaired) electrons. The average Bonchev–Trinajstić information content (AvgIpc) is 3.55. The van der Waals surface area contributed by atoms with Crippen LogP contribution in [-0.4, -0.2) is 34.9 Å². The predicted molar refractivity (Wildman–Crippen MR) is 161 cm³/mol. The standard InChI is InChI=1S/C36H36N2O4/c1-41-27-15-11-23(12-16-27)21-37-29-9-5-3-7-25(29)19-31(37)33-35(39)34(36(33)40)32-20-26-8-4-6-10-30(26)38(32)22-24-13-17-28(42-2)18-14-24/h11-20H,3-10,21-22H2,1-2H3. The van der Waals surface area contributed by atoms with Crippen LogP contribution in [0.15, 0.2) is 83.3 Å². The lowest BCUT2D eigenvalue weighted by molar-refractivity contribution is -0.488. The maximum absolute atomic E-state index is 14.0. The van der Waals surface area contributed by atoms with E-state index in [1.54, 1.807) is 14.2 Å². The second kappa shape index (κ2) is 10.8. The first-order valence-corrected chi connectivity index (χ1v) is 15.1. The number of allylic oxidation sites excluding steroid dienone is 4. The minimum Gasteiger partial charge on any atom is -0.871 e. The van der Waals surface area contributed by atoms with E-state index in [2.05, 4.69) is 45.6 Å². The summed E-state index contributed by atoms with van der Waals surface area (Å²) in [7, 11) is 3.33. The van der Waals surface area contributed by atoms with Crippen molar-refractivity contribution in [1.29, 1.82) is 0 Å². The van der Waals surface area contributed by atoms with Crippen LogP contribution in [0.1, 0.15) is 66.6 Å². The largest absolute Gasteiger partial charge is 0.871 e. The average molecular weight is 561 g/mol. The summed E-state index contributed by atoms with van der Waals surface area (Å²) in [6.07, 6.45) is 10.5. The number of benzene rings is 2. The molecule has 0 N–H and O–H groups in total. The van der Waals surface area contributed by atoms with Gasteiger partial charge in [-0.15, -0.1) is 0 Å². The van der Waals surface area contributed by atoms with Crippen molar-refractivity contribution in [3.8, 4) is 11.5 Å². The summed E-state index contributed by atoms with van der Waals surface area (Å²) in [5.74, 6) is 1.37. The molecule has 0 spiro atoms. The minimum absolute atomic E-state index is 0.128. The molecule has 0 saturated heterocycles. The molecule has 214 valence electrons. The summed E-state index contributed by atoms with van der Waals surface area (Å²) < 4.78 is 15.1. The number of carbonyl (C=O) groups is 1. The number of carbonyl (C=O) groups excluding carboxylic acids is 1. The normalized spacial score (nSPS) is 19.9. The van der Waals surface area contributed by atoms with E-state index in [1.807, 2.05) is 24.3 Å². The zero-order valence-electron chi connectivity index (χ0n) is 24.4. The van der Waals surface area contributed by atoms with Gasteiger partial charge in [0.25, 0.3) is 0 Å². The highest BCUT2D eigenvalue weighted by Crippen LogP contribution is 2.42. The Morgan fingerprint density at radius 2 is 1.45 bits per heavy atom. The lowest BCUT2D eigenvalue weighted by Crippen LogP contribution is -2.33. The highest BCUT2D eigenvalue weighted by atomic mass is 16.5. The van der Waals surface area contributed by atoms with Crippen molar-refractivity contribution in [2.75, 3.05) is 14.2 Å². The maximum Gasteiger partial charge on any atom is 0.216 e. The van der Waals surface area contributed by atoms with E-state index in [-0.39, 0.29) is 11.5 Å². The third kappa shape index (κ3) is 4.50. The van der Waals surface area contributed by atoms with Crippen LogP contribution in [-0.2, 0) is 30.7 Å². The Morgan fingerprint density at radius 1 is 0.810 bits per heavy atom. The van der Waals surface area contributed by atoms with Crippen LogP contribution in [0.4, 0.5) is 0 Å². The van der Waals surface area contributed by atoms with Gasteiger partial charge in [0.05, 0.1) is 25.5 Å². The Hall–Kier alpha value is -4.32. The molecule has 3 aromatic rings. The number of ketones is 1. The second-order valence-electron chi connectivity index (χ2n) is 11.7. The number of aryl methyl sites for hydroxylation is 1. The zero-order valence-corrected chi connectivity index (χ0v) is 24.4. The van der Waals surface area contributed by atoms with Crippen LogP contribution >= 0.6 is 0 Å². The van der Waals surface area contributed by atoms with E-state index in [0.29, 0.717) is 24.2 Å². The molecule has 3 aliphatic carbocycles. The van der Waals surface area contributed by atoms with Crippen LogP contribution in [0.2, 0.25) is 0 Å². The van der Waals surface area contributed by atoms with Crippen molar-refractivity contribution < 1.29 is 24.0 Å². The van der Waals surface area contributed by atoms with E-state index in [0.717, 1.165) is 85.4 Å². The molecule has 1 aromatic heterocycles. The van der Waals surface area contributed by atoms with Crippen molar-refractivity contribution >= 4 is 17.1 Å². The molecule has 0 bridgehead atoms. The number of nitrogens with zero attached hydrogens (tertiary/aromatic N) is 2. The van der Waals surface area contributed by atoms with Crippen LogP contribution < -0.4 is 14.6 Å². The molecule has 6 nitrogen and oxygen atoms in total. The molecule has 1 saturated carbocycles. The van der Waals surface area contributed by atoms with E-state index >= 15 is 0 Å². The van der Waals surface area contributed by atoms with Crippen LogP contribution in [0, 0.1) is 0 Å². The zero-order chi connectivity index (χ0) is 28.8. The molecule has 6 heteroatoms. The molecule has 1 aliphatic heterocycles. The van der Waals surface area contributed by atoms with Gasteiger partial charge in [0, 0.05) is 41.4 Å². The van der Waals surface area contributed by atoms with Gasteiger partial charge in [0.1, 0.15) is 11.5 Å². The summed E-state index contributed by atoms with van der Waals surface area (Å²) in [4.78, 5) is 14.0. The molecule has 7 rings (SSSR count). The van der Waals surface area contributed by atoms with Gasteiger partial charge in [-0.25, -0.2) is 0 Å². The summed E-state index contributed by atoms with van der Waals surface area (Å²) in [5, 5.41) is 14.0. The summed E-state index contributed by atoms with van der Waals surface area (Å²) in [5.41, 5.74) is 9.50. The van der Waals surface area contributed by atoms with Gasteiger partial charge in [-0.1, -0.05) is 17.9 Å². The predicted octanol–water partition coefficient (Wildman–Crippen LogP) is 5.51. The topological polar surface area (TPSA) is 66.5 Å². The molecule has 2 aromatic carbocycles. The summed E-state index contributed by atoms with van der Waals surface area (Å²) >= 11 is 0. The molecule has 0 amide bonds. The third-order valence-electron chi connectivity index (χ3n) is 9.24. The molecular weight excluding hydrogens is 524 g/mol. The van der Waals surface area contributed by atoms with Gasteiger partial charge in [0.15, 0.2) is 12.3 Å². The summed E-state index contributed by atoms with van der Waals surface area (Å²) in [6, 6.07) is 18.2. The minimum atomic E-state index is -0.128. The Morgan fingerprint density at radius 3 is 2.14 bits per heavy atom. The molecule has 2 heterocycles. The van der Waals surface area contributed by atoms with Gasteiger partial charge in [-0.05, 0) is 98.5 Å². The smallest absolute Gasteiger partial charge is 0.216 e. The Bertz CT molecular complexity index is 1700. The number of aromatic nitrogens is 1. The summed E-state index contributed by atoms with van der Waals surface area (Å²) in [6.45, 7) is 1.24. The number of fused-ring (bicyclic) bond motifs is 2. The highest BCUT2D eigenvalue weighted by Gasteiger charge is 2.41. The van der Waals surface area contributed by atoms with Gasteiger partial charge >= 0.3 is 0 Å². The first-order chi connectivity index (χ1) is 20.6. The fourth-order valence-corrected chi connectivity index (χ4v) is 6.99. The van der Waals surface area contributed by atoms with Crippen molar-refractivity contribution in [1.82, 2.24) is 4.57 Å². The maximum atomic E-state index is 14.0. The van der Waals surface area contributed by atoms with Crippen molar-refractivity contribution in [3.05, 3.63) is 111 Å². The van der Waals surface area contributed by atoms with Crippen molar-refractivity contribution in [2.24, 2.45) is 0 Å². The van der Waals surface area contributed by atoms with Gasteiger partial charge in [-0.2, -0.15) is 4.58 Å². The molecule has 42 heavy (non-hydrogen) atoms. The fourth-order valence-electron chi connectivity index (χ4n) is 6.99.